The van der Waals surface area contributed by atoms with Crippen LogP contribution in [0.4, 0.5) is 22.1 Å². The zero-order valence-corrected chi connectivity index (χ0v) is 25.2. The summed E-state index contributed by atoms with van der Waals surface area (Å²) in [7, 11) is 0. The summed E-state index contributed by atoms with van der Waals surface area (Å²) >= 11 is 0. The molecule has 0 saturated carbocycles. The van der Waals surface area contributed by atoms with Crippen molar-refractivity contribution in [2.24, 2.45) is 0 Å². The van der Waals surface area contributed by atoms with E-state index in [-0.39, 0.29) is 23.4 Å². The number of fused-ring (bicyclic) bond motifs is 1. The van der Waals surface area contributed by atoms with Crippen LogP contribution in [0.25, 0.3) is 0 Å². The maximum absolute atomic E-state index is 13.7. The fourth-order valence-corrected chi connectivity index (χ4v) is 6.14. The third-order valence-electron chi connectivity index (χ3n) is 8.30. The van der Waals surface area contributed by atoms with Gasteiger partial charge in [-0.25, -0.2) is 19.6 Å². The Bertz CT molecular complexity index is 1550. The number of amides is 3. The Morgan fingerprint density at radius 2 is 1.65 bits per heavy atom. The number of anilines is 3. The van der Waals surface area contributed by atoms with Crippen molar-refractivity contribution in [1.29, 1.82) is 0 Å². The molecule has 3 aliphatic rings. The highest BCUT2D eigenvalue weighted by Crippen LogP contribution is 2.38. The van der Waals surface area contributed by atoms with Gasteiger partial charge in [-0.15, -0.1) is 0 Å². The van der Waals surface area contributed by atoms with E-state index in [1.165, 1.54) is 11.2 Å². The summed E-state index contributed by atoms with van der Waals surface area (Å²) in [6.45, 7) is 2.20. The van der Waals surface area contributed by atoms with Crippen molar-refractivity contribution in [2.45, 2.75) is 75.5 Å². The maximum atomic E-state index is 13.7. The lowest BCUT2D eigenvalue weighted by Gasteiger charge is -2.27. The van der Waals surface area contributed by atoms with Crippen LogP contribution in [0.1, 0.15) is 30.9 Å². The second-order valence-corrected chi connectivity index (χ2v) is 11.6. The molecule has 6 unspecified atom stereocenters. The number of benzene rings is 2. The van der Waals surface area contributed by atoms with Crippen LogP contribution in [0.2, 0.25) is 0 Å². The summed E-state index contributed by atoms with van der Waals surface area (Å²) in [6.07, 6.45) is -1.04. The van der Waals surface area contributed by atoms with Crippen LogP contribution in [0.5, 0.6) is 0 Å². The van der Waals surface area contributed by atoms with Crippen molar-refractivity contribution in [2.75, 3.05) is 22.9 Å². The van der Waals surface area contributed by atoms with Gasteiger partial charge in [-0.1, -0.05) is 60.7 Å². The van der Waals surface area contributed by atoms with E-state index in [1.807, 2.05) is 67.6 Å². The third kappa shape index (κ3) is 6.88. The molecule has 0 bridgehead atoms. The van der Waals surface area contributed by atoms with Gasteiger partial charge in [-0.2, -0.15) is 0 Å². The summed E-state index contributed by atoms with van der Waals surface area (Å²) in [5.41, 5.74) is 8.50. The molecular weight excluding hydrogens is 594 g/mol. The number of hydrogen-bond donors (Lipinski definition) is 5. The Hall–Kier alpha value is -4.79. The number of nitrogens with zero attached hydrogens (tertiary/aromatic N) is 3. The van der Waals surface area contributed by atoms with Crippen molar-refractivity contribution in [3.63, 3.8) is 0 Å². The Morgan fingerprint density at radius 3 is 2.37 bits per heavy atom. The van der Waals surface area contributed by atoms with Crippen molar-refractivity contribution in [3.8, 4) is 0 Å². The number of likely N-dealkylation sites (tertiary alicyclic amines) is 1. The minimum absolute atomic E-state index is 0.0496. The lowest BCUT2D eigenvalue weighted by Crippen LogP contribution is -2.49. The molecular formula is C32H37N7O7. The van der Waals surface area contributed by atoms with Crippen LogP contribution in [0, 0.1) is 0 Å². The number of nitrogens with one attached hydrogen (secondary N) is 3. The molecule has 3 aromatic rings. The van der Waals surface area contributed by atoms with Gasteiger partial charge in [0.05, 0.1) is 0 Å². The topological polar surface area (TPSA) is 190 Å². The molecule has 2 aromatic carbocycles. The predicted octanol–water partition coefficient (Wildman–Crippen LogP) is 2.38. The quantitative estimate of drug-likeness (QED) is 0.221. The zero-order chi connectivity index (χ0) is 32.2. The standard InChI is InChI=1S/C32H37N7O7/c1-18(15-19-9-4-2-5-10-19)36-32(43)38-28-23(33)27(34-17-35-28)37-29-25-24(44-22(45-25)16-20-11-6-3-7-12-20)26(46-29)30(40)39-14-8-13-21(39)31(41)42/h2-7,9-12,17-18,21-22,24-26,29H,8,13-16,33H2,1H3,(H,41,42)(H3,34,35,36,37,38,43)/t18?,21?,22?,24?,25?,26-,29?/m0/s1. The van der Waals surface area contributed by atoms with Crippen LogP contribution in [0.15, 0.2) is 67.0 Å². The Labute approximate surface area is 265 Å². The minimum atomic E-state index is -1.12. The number of rotatable bonds is 10. The molecule has 0 spiro atoms. The molecule has 0 aliphatic carbocycles. The largest absolute Gasteiger partial charge is 0.480 e. The second-order valence-electron chi connectivity index (χ2n) is 11.6. The number of carbonyl (C=O) groups is 3. The minimum Gasteiger partial charge on any atom is -0.480 e. The molecule has 14 nitrogen and oxygen atoms in total. The first kappa shape index (κ1) is 31.2. The summed E-state index contributed by atoms with van der Waals surface area (Å²) in [6, 6.07) is 17.9. The van der Waals surface area contributed by atoms with Crippen molar-refractivity contribution >= 4 is 35.2 Å². The van der Waals surface area contributed by atoms with E-state index in [0.29, 0.717) is 32.2 Å². The molecule has 3 aliphatic heterocycles. The summed E-state index contributed by atoms with van der Waals surface area (Å²) in [4.78, 5) is 48.0. The van der Waals surface area contributed by atoms with Crippen LogP contribution in [-0.2, 0) is 36.6 Å². The maximum Gasteiger partial charge on any atom is 0.326 e. The van der Waals surface area contributed by atoms with Crippen molar-refractivity contribution in [1.82, 2.24) is 20.2 Å². The number of nitrogens with two attached hydrogens (primary N) is 1. The lowest BCUT2D eigenvalue weighted by molar-refractivity contribution is -0.163. The molecule has 0 radical (unpaired) electrons. The fraction of sp³-hybridized carbons (Fsp3) is 0.406. The summed E-state index contributed by atoms with van der Waals surface area (Å²) in [5.74, 6) is -1.31. The zero-order valence-electron chi connectivity index (χ0n) is 25.2. The van der Waals surface area contributed by atoms with Gasteiger partial charge in [0.2, 0.25) is 0 Å². The predicted molar refractivity (Wildman–Crippen MR) is 167 cm³/mol. The highest BCUT2D eigenvalue weighted by molar-refractivity contribution is 5.93. The molecule has 4 heterocycles. The van der Waals surface area contributed by atoms with Gasteiger partial charge in [-0.05, 0) is 37.3 Å². The first-order valence-electron chi connectivity index (χ1n) is 15.3. The normalized spacial score (nSPS) is 25.9. The molecule has 3 amide bonds. The van der Waals surface area contributed by atoms with Crippen LogP contribution in [0.3, 0.4) is 0 Å². The van der Waals surface area contributed by atoms with Gasteiger partial charge in [0, 0.05) is 19.0 Å². The van der Waals surface area contributed by atoms with Gasteiger partial charge < -0.3 is 40.6 Å². The van der Waals surface area contributed by atoms with Crippen molar-refractivity contribution in [3.05, 3.63) is 78.1 Å². The molecule has 1 aromatic heterocycles. The number of urea groups is 1. The summed E-state index contributed by atoms with van der Waals surface area (Å²) in [5, 5.41) is 18.3. The number of aliphatic carboxylic acids is 1. The Kier molecular flexibility index (Phi) is 9.28. The first-order chi connectivity index (χ1) is 22.3. The van der Waals surface area contributed by atoms with Crippen LogP contribution >= 0.6 is 0 Å². The molecule has 7 atom stereocenters. The number of aromatic nitrogens is 2. The number of nitrogen functional groups attached to an aromatic ring is 1. The van der Waals surface area contributed by atoms with E-state index in [2.05, 4.69) is 25.9 Å². The molecule has 46 heavy (non-hydrogen) atoms. The summed E-state index contributed by atoms with van der Waals surface area (Å²) < 4.78 is 18.6. The van der Waals surface area contributed by atoms with Crippen LogP contribution < -0.4 is 21.7 Å². The molecule has 6 rings (SSSR count). The average molecular weight is 632 g/mol. The van der Waals surface area contributed by atoms with E-state index < -0.39 is 54.8 Å². The Balaban J connectivity index is 1.16. The van der Waals surface area contributed by atoms with E-state index in [9.17, 15) is 19.5 Å². The third-order valence-corrected chi connectivity index (χ3v) is 8.30. The second kappa shape index (κ2) is 13.7. The molecule has 3 saturated heterocycles. The fourth-order valence-electron chi connectivity index (χ4n) is 6.14. The first-order valence-corrected chi connectivity index (χ1v) is 15.3. The van der Waals surface area contributed by atoms with E-state index in [4.69, 9.17) is 19.9 Å². The highest BCUT2D eigenvalue weighted by atomic mass is 16.8. The Morgan fingerprint density at radius 1 is 0.978 bits per heavy atom. The van der Waals surface area contributed by atoms with Crippen molar-refractivity contribution < 1.29 is 33.7 Å². The van der Waals surface area contributed by atoms with E-state index in [0.717, 1.165) is 11.1 Å². The van der Waals surface area contributed by atoms with Crippen LogP contribution in [-0.4, -0.2) is 87.3 Å². The van der Waals surface area contributed by atoms with Gasteiger partial charge in [0.15, 0.2) is 30.3 Å². The van der Waals surface area contributed by atoms with E-state index >= 15 is 0 Å². The number of carboxylic acid groups (broad SMARTS) is 1. The molecule has 242 valence electrons. The number of carbonyl (C=O) groups excluding carboxylic acids is 2. The van der Waals surface area contributed by atoms with Gasteiger partial charge in [0.1, 0.15) is 30.3 Å². The highest BCUT2D eigenvalue weighted by Gasteiger charge is 2.57. The average Bonchev–Trinajstić information content (AvgIpc) is 3.76. The molecule has 6 N–H and O–H groups in total. The molecule has 14 heteroatoms. The monoisotopic (exact) mass is 631 g/mol. The van der Waals surface area contributed by atoms with Gasteiger partial charge in [-0.3, -0.25) is 10.1 Å². The SMILES string of the molecule is CC(Cc1ccccc1)NC(=O)Nc1ncnc(NC2O[C@H](C(=O)N3CCCC3C(=O)O)C3OC(Cc4ccccc4)OC23)c1N. The number of ether oxygens (including phenoxy) is 3. The van der Waals surface area contributed by atoms with Gasteiger partial charge >= 0.3 is 12.0 Å². The van der Waals surface area contributed by atoms with Gasteiger partial charge in [0.25, 0.3) is 5.91 Å². The van der Waals surface area contributed by atoms with E-state index in [1.54, 1.807) is 0 Å². The number of hydrogen-bond acceptors (Lipinski definition) is 10. The molecule has 3 fully saturated rings. The lowest BCUT2D eigenvalue weighted by atomic mass is 10.1. The number of carboxylic acids is 1. The smallest absolute Gasteiger partial charge is 0.326 e.